The van der Waals surface area contributed by atoms with Gasteiger partial charge in [-0.3, -0.25) is 9.59 Å². The zero-order valence-corrected chi connectivity index (χ0v) is 55.1. The van der Waals surface area contributed by atoms with Crippen molar-refractivity contribution in [2.75, 3.05) is 41.3 Å². The number of hydrogen-bond donors (Lipinski definition) is 2. The highest BCUT2D eigenvalue weighted by Gasteiger charge is 2.36. The number of fused-ring (bicyclic) bond motifs is 2. The molecule has 2 aliphatic rings. The van der Waals surface area contributed by atoms with Crippen LogP contribution in [-0.4, -0.2) is 84.4 Å². The number of aromatic hydroxyl groups is 1. The van der Waals surface area contributed by atoms with Gasteiger partial charge in [0.25, 0.3) is 0 Å². The number of rotatable bonds is 33. The van der Waals surface area contributed by atoms with E-state index in [1.807, 2.05) is 46.9 Å². The van der Waals surface area contributed by atoms with Gasteiger partial charge < -0.3 is 34.2 Å². The highest BCUT2D eigenvalue weighted by atomic mass is 16.5. The lowest BCUT2D eigenvalue weighted by molar-refractivity contribution is -0.137. The summed E-state index contributed by atoms with van der Waals surface area (Å²) >= 11 is 0. The van der Waals surface area contributed by atoms with Crippen LogP contribution in [0.15, 0.2) is 0 Å². The Morgan fingerprint density at radius 2 is 0.848 bits per heavy atom. The topological polar surface area (TPSA) is 109 Å². The average Bonchev–Trinajstić information content (AvgIpc) is 3.42. The van der Waals surface area contributed by atoms with E-state index in [9.17, 15) is 14.7 Å². The highest BCUT2D eigenvalue weighted by molar-refractivity contribution is 5.74. The summed E-state index contributed by atoms with van der Waals surface area (Å²) < 4.78 is 19.3. The van der Waals surface area contributed by atoms with Crippen molar-refractivity contribution < 1.29 is 34.0 Å². The molecule has 0 bridgehead atoms. The van der Waals surface area contributed by atoms with Crippen LogP contribution in [0.25, 0.3) is 0 Å². The van der Waals surface area contributed by atoms with Gasteiger partial charge in [0.2, 0.25) is 0 Å². The first kappa shape index (κ1) is 71.8. The molecule has 2 aromatic carbocycles. The van der Waals surface area contributed by atoms with Gasteiger partial charge in [0, 0.05) is 24.0 Å². The molecule has 0 unspecified atom stereocenters. The summed E-state index contributed by atoms with van der Waals surface area (Å²) in [6.07, 6.45) is 30.2. The van der Waals surface area contributed by atoms with Crippen LogP contribution in [0.2, 0.25) is 0 Å². The van der Waals surface area contributed by atoms with Crippen LogP contribution in [-0.2, 0) is 22.4 Å². The Bertz CT molecular complexity index is 2090. The quantitative estimate of drug-likeness (QED) is 0.0533. The number of carbonyl (C=O) groups is 2. The molecule has 0 aliphatic carbocycles. The smallest absolute Gasteiger partial charge is 0.311 e. The van der Waals surface area contributed by atoms with Gasteiger partial charge in [0.1, 0.15) is 34.2 Å². The molecule has 4 rings (SSSR count). The number of carboxylic acid groups (broad SMARTS) is 1. The molecule has 0 saturated heterocycles. The monoisotopic (exact) mass is 1100 g/mol. The minimum Gasteiger partial charge on any atom is -0.507 e. The van der Waals surface area contributed by atoms with Crippen molar-refractivity contribution in [1.82, 2.24) is 9.80 Å². The fourth-order valence-electron chi connectivity index (χ4n) is 11.9. The third kappa shape index (κ3) is 27.1. The van der Waals surface area contributed by atoms with Crippen molar-refractivity contribution in [3.05, 3.63) is 44.5 Å². The number of phenols is 1. The van der Waals surface area contributed by atoms with E-state index in [0.717, 1.165) is 151 Å². The Labute approximate surface area is 486 Å². The third-order valence-corrected chi connectivity index (χ3v) is 17.9. The van der Waals surface area contributed by atoms with E-state index in [2.05, 4.69) is 102 Å². The Balaban J connectivity index is 0.000000475. The summed E-state index contributed by atoms with van der Waals surface area (Å²) in [5.41, 5.74) is 8.56. The molecule has 0 saturated carbocycles. The first-order chi connectivity index (χ1) is 37.0. The van der Waals surface area contributed by atoms with Gasteiger partial charge in [-0.25, -0.2) is 0 Å². The molecule has 79 heavy (non-hydrogen) atoms. The number of aliphatic carboxylic acids is 1. The second kappa shape index (κ2) is 36.3. The first-order valence-electron chi connectivity index (χ1n) is 32.0. The number of carbonyl (C=O) groups excluding carboxylic acids is 1. The fraction of sp³-hybridized carbons (Fsp3) is 0.800. The minimum absolute atomic E-state index is 0.0712. The Hall–Kier alpha value is -3.30. The second-order valence-electron chi connectivity index (χ2n) is 27.5. The van der Waals surface area contributed by atoms with Gasteiger partial charge in [-0.1, -0.05) is 145 Å². The van der Waals surface area contributed by atoms with Crippen molar-refractivity contribution in [3.63, 3.8) is 0 Å². The summed E-state index contributed by atoms with van der Waals surface area (Å²) in [5.74, 6) is 7.45. The predicted octanol–water partition coefficient (Wildman–Crippen LogP) is 18.6. The van der Waals surface area contributed by atoms with Crippen molar-refractivity contribution in [1.29, 1.82) is 0 Å². The van der Waals surface area contributed by atoms with Crippen LogP contribution < -0.4 is 14.2 Å². The van der Waals surface area contributed by atoms with Crippen molar-refractivity contribution in [2.45, 2.75) is 289 Å². The Morgan fingerprint density at radius 3 is 1.23 bits per heavy atom. The number of esters is 1. The normalized spacial score (nSPS) is 18.4. The van der Waals surface area contributed by atoms with E-state index in [1.54, 1.807) is 0 Å². The summed E-state index contributed by atoms with van der Waals surface area (Å²) in [6, 6.07) is 0. The maximum Gasteiger partial charge on any atom is 0.311 e. The second-order valence-corrected chi connectivity index (χ2v) is 27.5. The van der Waals surface area contributed by atoms with E-state index in [1.165, 1.54) is 114 Å². The lowest BCUT2D eigenvalue weighted by Gasteiger charge is -2.38. The number of hydrogen-bond acceptors (Lipinski definition) is 8. The SMILES string of the molecule is CN(C)CCCC(=O)O.Cc1c(C)c2c(c(C)c1O)CC[C@@](C)(CCC[C@H](C)CCC[C@H](C)CCCC(C)C)O2.Cc1c(C)c2c(c(C)c1OC(=O)CCCN(C)C)CC[C@@](C)(CCC[C@H](C)CCC[C@H](C)CCCC(C)C)O2. The van der Waals surface area contributed by atoms with Crippen LogP contribution in [0, 0.1) is 77.0 Å². The molecular weight excluding hydrogens is 981 g/mol. The maximum absolute atomic E-state index is 12.5. The van der Waals surface area contributed by atoms with E-state index in [0.29, 0.717) is 12.2 Å². The number of phenolic OH excluding ortho intramolecular Hbond substituents is 1. The molecule has 9 heteroatoms. The molecule has 0 radical (unpaired) electrons. The first-order valence-corrected chi connectivity index (χ1v) is 32.0. The summed E-state index contributed by atoms with van der Waals surface area (Å²) in [5, 5.41) is 18.6. The zero-order chi connectivity index (χ0) is 59.6. The van der Waals surface area contributed by atoms with Crippen LogP contribution >= 0.6 is 0 Å². The van der Waals surface area contributed by atoms with Crippen LogP contribution in [0.4, 0.5) is 0 Å². The molecule has 456 valence electrons. The molecule has 6 atom stereocenters. The van der Waals surface area contributed by atoms with E-state index < -0.39 is 5.97 Å². The van der Waals surface area contributed by atoms with Crippen LogP contribution in [0.5, 0.6) is 23.0 Å². The van der Waals surface area contributed by atoms with Gasteiger partial charge >= 0.3 is 11.9 Å². The molecule has 0 aromatic heterocycles. The maximum atomic E-state index is 12.5. The minimum atomic E-state index is -0.711. The van der Waals surface area contributed by atoms with Gasteiger partial charge in [-0.2, -0.15) is 0 Å². The molecule has 2 heterocycles. The van der Waals surface area contributed by atoms with Gasteiger partial charge in [-0.05, 0) is 230 Å². The van der Waals surface area contributed by atoms with Gasteiger partial charge in [-0.15, -0.1) is 0 Å². The predicted molar refractivity (Wildman–Crippen MR) is 336 cm³/mol. The molecule has 2 N–H and O–H groups in total. The zero-order valence-electron chi connectivity index (χ0n) is 55.1. The lowest BCUT2D eigenvalue weighted by Crippen LogP contribution is -2.37. The van der Waals surface area contributed by atoms with Gasteiger partial charge in [0.05, 0.1) is 0 Å². The summed E-state index contributed by atoms with van der Waals surface area (Å²) in [4.78, 5) is 26.6. The van der Waals surface area contributed by atoms with Crippen LogP contribution in [0.3, 0.4) is 0 Å². The highest BCUT2D eigenvalue weighted by Crippen LogP contribution is 2.46. The average molecular weight is 1110 g/mol. The summed E-state index contributed by atoms with van der Waals surface area (Å²) in [7, 11) is 7.92. The number of nitrogens with zero attached hydrogens (tertiary/aromatic N) is 2. The molecular formula is C70H124N2O7. The number of carboxylic acids is 1. The largest absolute Gasteiger partial charge is 0.507 e. The van der Waals surface area contributed by atoms with E-state index in [4.69, 9.17) is 19.3 Å². The van der Waals surface area contributed by atoms with Crippen molar-refractivity contribution in [3.8, 4) is 23.0 Å². The van der Waals surface area contributed by atoms with Gasteiger partial charge in [0.15, 0.2) is 0 Å². The molecule has 0 fully saturated rings. The number of ether oxygens (including phenoxy) is 3. The Morgan fingerprint density at radius 1 is 0.494 bits per heavy atom. The lowest BCUT2D eigenvalue weighted by atomic mass is 9.83. The number of benzene rings is 2. The van der Waals surface area contributed by atoms with Crippen LogP contribution in [0.1, 0.15) is 268 Å². The van der Waals surface area contributed by atoms with E-state index in [-0.39, 0.29) is 23.6 Å². The molecule has 0 spiro atoms. The van der Waals surface area contributed by atoms with E-state index >= 15 is 0 Å². The molecule has 2 aromatic rings. The molecule has 2 aliphatic heterocycles. The Kier molecular flexibility index (Phi) is 33.0. The fourth-order valence-corrected chi connectivity index (χ4v) is 11.9. The standard InChI is InChI=1S/C35H61NO3.C29H50O2.C6H13NO2/c1-25(2)15-11-16-26(3)17-12-18-27(4)19-13-22-35(8)23-21-31-30(7)33(28(5)29(6)34(31)39-35)38-32(37)20-14-24-36(9)10;1-20(2)12-9-13-21(3)14-10-15-22(4)16-11-18-29(8)19-17-26-25(7)27(30)23(5)24(6)28(26)31-29;1-7(2)5-3-4-6(8)9/h25-27H,11-24H2,1-10H3;20-22,30H,9-19H2,1-8H3;3-5H2,1-2H3,(H,8,9)/t26-,27-,35-;21-,22-,29-;/m11./s1. The summed E-state index contributed by atoms with van der Waals surface area (Å²) in [6.45, 7) is 37.8. The third-order valence-electron chi connectivity index (χ3n) is 17.9. The van der Waals surface area contributed by atoms with Crippen molar-refractivity contribution in [2.24, 2.45) is 35.5 Å². The molecule has 9 nitrogen and oxygen atoms in total. The molecule has 0 amide bonds. The van der Waals surface area contributed by atoms with Crippen molar-refractivity contribution >= 4 is 11.9 Å².